The molecule has 8 nitrogen and oxygen atoms in total. The second-order valence-corrected chi connectivity index (χ2v) is 11.7. The highest BCUT2D eigenvalue weighted by atomic mass is 79.9. The maximum absolute atomic E-state index is 14.3. The van der Waals surface area contributed by atoms with Gasteiger partial charge in [0, 0.05) is 36.7 Å². The molecule has 40 heavy (non-hydrogen) atoms. The summed E-state index contributed by atoms with van der Waals surface area (Å²) in [5.41, 5.74) is 0.436. The van der Waals surface area contributed by atoms with Crippen LogP contribution in [0.3, 0.4) is 0 Å². The summed E-state index contributed by atoms with van der Waals surface area (Å²) in [6.45, 7) is 8.18. The van der Waals surface area contributed by atoms with Gasteiger partial charge in [-0.05, 0) is 24.1 Å². The number of alkyl halides is 1. The number of aliphatic hydroxyl groups excluding tert-OH is 1. The van der Waals surface area contributed by atoms with E-state index in [4.69, 9.17) is 4.74 Å². The van der Waals surface area contributed by atoms with Crippen LogP contribution in [0.15, 0.2) is 86.0 Å². The summed E-state index contributed by atoms with van der Waals surface area (Å²) in [6, 6.07) is 17.9. The van der Waals surface area contributed by atoms with Crippen molar-refractivity contribution in [3.05, 3.63) is 91.5 Å². The highest BCUT2D eigenvalue weighted by molar-refractivity contribution is 9.09. The molecular formula is C31H34BrN3O5. The molecule has 1 spiro atoms. The lowest BCUT2D eigenvalue weighted by Crippen LogP contribution is -2.57. The number of anilines is 1. The number of amides is 3. The summed E-state index contributed by atoms with van der Waals surface area (Å²) in [5, 5.41) is 9.91. The van der Waals surface area contributed by atoms with Gasteiger partial charge in [-0.2, -0.15) is 0 Å². The van der Waals surface area contributed by atoms with Gasteiger partial charge in [0.1, 0.15) is 11.6 Å². The second kappa shape index (κ2) is 11.7. The molecule has 9 heteroatoms. The van der Waals surface area contributed by atoms with Gasteiger partial charge >= 0.3 is 0 Å². The Bertz CT molecular complexity index is 1270. The second-order valence-electron chi connectivity index (χ2n) is 10.5. The predicted molar refractivity (Wildman–Crippen MR) is 156 cm³/mol. The van der Waals surface area contributed by atoms with Gasteiger partial charge in [-0.25, -0.2) is 0 Å². The lowest BCUT2D eigenvalue weighted by atomic mass is 9.70. The Morgan fingerprint density at radius 2 is 1.70 bits per heavy atom. The van der Waals surface area contributed by atoms with Crippen LogP contribution < -0.4 is 4.90 Å². The maximum atomic E-state index is 14.3. The highest BCUT2D eigenvalue weighted by Crippen LogP contribution is 2.60. The number of likely N-dealkylation sites (tertiary alicyclic amines) is 1. The van der Waals surface area contributed by atoms with Crippen molar-refractivity contribution in [2.24, 2.45) is 11.8 Å². The van der Waals surface area contributed by atoms with Crippen LogP contribution in [0.4, 0.5) is 5.69 Å². The zero-order valence-corrected chi connectivity index (χ0v) is 23.9. The van der Waals surface area contributed by atoms with Gasteiger partial charge in [0.25, 0.3) is 0 Å². The van der Waals surface area contributed by atoms with E-state index in [1.165, 1.54) is 4.90 Å². The van der Waals surface area contributed by atoms with E-state index in [-0.39, 0.29) is 48.8 Å². The molecule has 1 N–H and O–H groups in total. The van der Waals surface area contributed by atoms with Crippen LogP contribution in [0, 0.1) is 11.8 Å². The summed E-state index contributed by atoms with van der Waals surface area (Å²) < 4.78 is 6.62. The number of benzene rings is 2. The Balaban J connectivity index is 1.53. The molecule has 3 aliphatic rings. The Morgan fingerprint density at radius 1 is 1.05 bits per heavy atom. The first-order chi connectivity index (χ1) is 19.4. The van der Waals surface area contributed by atoms with Crippen molar-refractivity contribution in [1.29, 1.82) is 0 Å². The molecule has 2 aromatic rings. The van der Waals surface area contributed by atoms with Gasteiger partial charge in [0.2, 0.25) is 17.7 Å². The third kappa shape index (κ3) is 4.70. The number of halogens is 1. The van der Waals surface area contributed by atoms with Gasteiger partial charge < -0.3 is 24.5 Å². The van der Waals surface area contributed by atoms with Gasteiger partial charge in [0.15, 0.2) is 0 Å². The average molecular weight is 609 g/mol. The number of aliphatic hydroxyl groups is 1. The Kier molecular flexibility index (Phi) is 8.26. The lowest BCUT2D eigenvalue weighted by Gasteiger charge is -2.37. The van der Waals surface area contributed by atoms with Crippen molar-refractivity contribution >= 4 is 39.3 Å². The fourth-order valence-corrected chi connectivity index (χ4v) is 7.59. The van der Waals surface area contributed by atoms with Gasteiger partial charge in [0.05, 0.1) is 24.5 Å². The third-order valence-electron chi connectivity index (χ3n) is 8.17. The Morgan fingerprint density at radius 3 is 2.33 bits per heavy atom. The number of fused-ring (bicyclic) bond motifs is 1. The lowest BCUT2D eigenvalue weighted by molar-refractivity contribution is -0.148. The maximum Gasteiger partial charge on any atom is 0.248 e. The van der Waals surface area contributed by atoms with Crippen LogP contribution in [-0.4, -0.2) is 81.4 Å². The van der Waals surface area contributed by atoms with E-state index in [1.54, 1.807) is 22.0 Å². The van der Waals surface area contributed by atoms with Crippen LogP contribution in [0.25, 0.3) is 0 Å². The molecule has 3 fully saturated rings. The molecule has 0 radical (unpaired) electrons. The number of β-amino-alcohol motifs (C(OH)–C–C–N with tert-alkyl or cyclic N) is 1. The number of nitrogens with zero attached hydrogens (tertiary/aromatic N) is 3. The molecule has 6 atom stereocenters. The number of hydrogen-bond acceptors (Lipinski definition) is 5. The number of rotatable bonds is 11. The fraction of sp³-hybridized carbons (Fsp3) is 0.387. The van der Waals surface area contributed by atoms with Gasteiger partial charge in [-0.1, -0.05) is 76.6 Å². The molecule has 3 aliphatic heterocycles. The molecule has 0 saturated carbocycles. The standard InChI is InChI=1S/C31H34BrN3O5/c1-3-15-33(20-21-11-7-5-8-12-21)30(39)27-31-19-23(32)26(40-31)24(25(31)29(38)35(27)17-18-36)28(37)34(16-4-2)22-13-9-6-10-14-22/h3-14,23-27,36H,1-2,15-20H2/t23?,24-,25-,26-,27?,31?/m0/s1. The van der Waals surface area contributed by atoms with E-state index in [0.29, 0.717) is 18.7 Å². The van der Waals surface area contributed by atoms with Crippen molar-refractivity contribution in [3.63, 3.8) is 0 Å². The van der Waals surface area contributed by atoms with E-state index < -0.39 is 29.6 Å². The molecule has 3 unspecified atom stereocenters. The van der Waals surface area contributed by atoms with Crippen molar-refractivity contribution in [2.75, 3.05) is 31.1 Å². The average Bonchev–Trinajstić information content (AvgIpc) is 3.55. The van der Waals surface area contributed by atoms with Crippen LogP contribution in [0.5, 0.6) is 0 Å². The van der Waals surface area contributed by atoms with Crippen LogP contribution in [0.1, 0.15) is 12.0 Å². The molecule has 0 aliphatic carbocycles. The number of carbonyl (C=O) groups excluding carboxylic acids is 3. The quantitative estimate of drug-likeness (QED) is 0.313. The largest absolute Gasteiger partial charge is 0.395 e. The zero-order chi connectivity index (χ0) is 28.4. The van der Waals surface area contributed by atoms with Crippen molar-refractivity contribution < 1.29 is 24.2 Å². The molecule has 5 rings (SSSR count). The minimum atomic E-state index is -1.20. The minimum Gasteiger partial charge on any atom is -0.395 e. The first-order valence-corrected chi connectivity index (χ1v) is 14.4. The molecule has 3 saturated heterocycles. The summed E-state index contributed by atoms with van der Waals surface area (Å²) in [7, 11) is 0. The van der Waals surface area contributed by atoms with Crippen LogP contribution in [0.2, 0.25) is 0 Å². The molecule has 3 amide bonds. The van der Waals surface area contributed by atoms with Crippen molar-refractivity contribution in [3.8, 4) is 0 Å². The molecule has 210 valence electrons. The molecule has 0 aromatic heterocycles. The highest BCUT2D eigenvalue weighted by Gasteiger charge is 2.76. The van der Waals surface area contributed by atoms with E-state index >= 15 is 0 Å². The van der Waals surface area contributed by atoms with E-state index in [2.05, 4.69) is 29.1 Å². The molecule has 2 aromatic carbocycles. The van der Waals surface area contributed by atoms with E-state index in [1.807, 2.05) is 60.7 Å². The number of para-hydroxylation sites is 1. The Hall–Kier alpha value is -3.27. The smallest absolute Gasteiger partial charge is 0.248 e. The summed E-state index contributed by atoms with van der Waals surface area (Å²) in [4.78, 5) is 47.1. The third-order valence-corrected chi connectivity index (χ3v) is 9.02. The fourth-order valence-electron chi connectivity index (χ4n) is 6.64. The Labute approximate surface area is 243 Å². The van der Waals surface area contributed by atoms with Gasteiger partial charge in [-0.15, -0.1) is 13.2 Å². The summed E-state index contributed by atoms with van der Waals surface area (Å²) >= 11 is 3.72. The molecule has 3 heterocycles. The van der Waals surface area contributed by atoms with Crippen molar-refractivity contribution in [2.45, 2.75) is 35.5 Å². The summed E-state index contributed by atoms with van der Waals surface area (Å²) in [5.74, 6) is -2.51. The minimum absolute atomic E-state index is 0.0301. The number of carbonyl (C=O) groups is 3. The predicted octanol–water partition coefficient (Wildman–Crippen LogP) is 3.16. The topological polar surface area (TPSA) is 90.4 Å². The van der Waals surface area contributed by atoms with Crippen molar-refractivity contribution in [1.82, 2.24) is 9.80 Å². The van der Waals surface area contributed by atoms with Crippen LogP contribution in [-0.2, 0) is 25.7 Å². The van der Waals surface area contributed by atoms with Gasteiger partial charge in [-0.3, -0.25) is 14.4 Å². The van der Waals surface area contributed by atoms with E-state index in [0.717, 1.165) is 5.56 Å². The molecular weight excluding hydrogens is 574 g/mol. The normalized spacial score (nSPS) is 28.3. The first-order valence-electron chi connectivity index (χ1n) is 13.5. The number of hydrogen-bond donors (Lipinski definition) is 1. The monoisotopic (exact) mass is 607 g/mol. The first kappa shape index (κ1) is 28.3. The molecule has 2 bridgehead atoms. The SMILES string of the molecule is C=CCN(Cc1ccccc1)C(=O)C1N(CCO)C(=O)[C@@H]2[C@H](C(=O)N(CC=C)c3ccccc3)[C@H]3OC12CC3Br. The van der Waals surface area contributed by atoms with E-state index in [9.17, 15) is 19.5 Å². The van der Waals surface area contributed by atoms with Crippen LogP contribution >= 0.6 is 15.9 Å². The summed E-state index contributed by atoms with van der Waals surface area (Å²) in [6.07, 6.45) is 3.13. The number of ether oxygens (including phenoxy) is 1. The zero-order valence-electron chi connectivity index (χ0n) is 22.3.